The summed E-state index contributed by atoms with van der Waals surface area (Å²) in [7, 11) is 0. The number of oxime groups is 1. The number of hydrogen-bond acceptors (Lipinski definition) is 2. The van der Waals surface area contributed by atoms with Crippen molar-refractivity contribution >= 4 is 17.8 Å². The average Bonchev–Trinajstić information content (AvgIpc) is 3.10. The topological polar surface area (TPSA) is 21.6 Å². The molecular weight excluding hydrogens is 342 g/mol. The Hall–Kier alpha value is -1.28. The first kappa shape index (κ1) is 18.1. The third kappa shape index (κ3) is 3.01. The van der Waals surface area contributed by atoms with Crippen molar-refractivity contribution in [2.75, 3.05) is 0 Å². The predicted molar refractivity (Wildman–Crippen MR) is 108 cm³/mol. The molecule has 1 aromatic rings. The molecule has 26 heavy (non-hydrogen) atoms. The van der Waals surface area contributed by atoms with E-state index < -0.39 is 0 Å². The molecule has 4 bridgehead atoms. The van der Waals surface area contributed by atoms with Crippen LogP contribution in [0.4, 0.5) is 0 Å². The van der Waals surface area contributed by atoms with Crippen LogP contribution in [-0.4, -0.2) is 6.21 Å². The maximum absolute atomic E-state index is 5.91. The molecule has 0 aliphatic heterocycles. The lowest BCUT2D eigenvalue weighted by Crippen LogP contribution is -2.28. The van der Waals surface area contributed by atoms with Crippen LogP contribution in [-0.2, 0) is 11.4 Å². The number of nitrogens with zero attached hydrogens (tertiary/aromatic N) is 1. The van der Waals surface area contributed by atoms with E-state index in [4.69, 9.17) is 16.4 Å². The fourth-order valence-corrected chi connectivity index (χ4v) is 6.48. The fraction of sp³-hybridized carbons (Fsp3) is 0.609. The summed E-state index contributed by atoms with van der Waals surface area (Å²) in [6.07, 6.45) is 11.0. The van der Waals surface area contributed by atoms with Gasteiger partial charge in [-0.05, 0) is 78.0 Å². The fourth-order valence-electron chi connectivity index (χ4n) is 6.36. The highest BCUT2D eigenvalue weighted by Crippen LogP contribution is 2.70. The van der Waals surface area contributed by atoms with Gasteiger partial charge in [-0.25, -0.2) is 0 Å². The molecule has 3 heteroatoms. The second-order valence-corrected chi connectivity index (χ2v) is 9.79. The molecule has 140 valence electrons. The van der Waals surface area contributed by atoms with Crippen LogP contribution >= 0.6 is 11.6 Å². The first-order chi connectivity index (χ1) is 12.4. The second kappa shape index (κ2) is 6.71. The molecule has 1 aromatic carbocycles. The minimum atomic E-state index is 0.379. The number of halogens is 1. The van der Waals surface area contributed by atoms with Crippen molar-refractivity contribution < 1.29 is 4.84 Å². The number of rotatable bonds is 4. The number of benzene rings is 1. The van der Waals surface area contributed by atoms with Gasteiger partial charge in [-0.3, -0.25) is 0 Å². The largest absolute Gasteiger partial charge is 0.391 e. The Labute approximate surface area is 162 Å². The molecular formula is C23H30ClNO. The van der Waals surface area contributed by atoms with Crippen LogP contribution in [0.2, 0.25) is 5.02 Å². The molecule has 0 aromatic heterocycles. The van der Waals surface area contributed by atoms with Gasteiger partial charge in [0.2, 0.25) is 0 Å². The van der Waals surface area contributed by atoms with Crippen LogP contribution in [0.25, 0.3) is 0 Å². The van der Waals surface area contributed by atoms with E-state index in [9.17, 15) is 0 Å². The third-order valence-electron chi connectivity index (χ3n) is 7.49. The zero-order valence-electron chi connectivity index (χ0n) is 16.2. The summed E-state index contributed by atoms with van der Waals surface area (Å²) in [5, 5.41) is 4.95. The van der Waals surface area contributed by atoms with Crippen molar-refractivity contribution in [3.63, 3.8) is 0 Å². The smallest absolute Gasteiger partial charge is 0.142 e. The van der Waals surface area contributed by atoms with E-state index in [1.807, 2.05) is 30.5 Å². The highest BCUT2D eigenvalue weighted by atomic mass is 35.5. The van der Waals surface area contributed by atoms with E-state index in [0.717, 1.165) is 28.3 Å². The van der Waals surface area contributed by atoms with Crippen molar-refractivity contribution in [3.05, 3.63) is 46.5 Å². The molecule has 2 nitrogen and oxygen atoms in total. The zero-order chi connectivity index (χ0) is 18.4. The summed E-state index contributed by atoms with van der Waals surface area (Å²) in [5.74, 6) is 2.47. The third-order valence-corrected chi connectivity index (χ3v) is 7.74. The van der Waals surface area contributed by atoms with Gasteiger partial charge in [0, 0.05) is 5.02 Å². The van der Waals surface area contributed by atoms with Crippen molar-refractivity contribution in [3.8, 4) is 0 Å². The first-order valence-electron chi connectivity index (χ1n) is 10.0. The monoisotopic (exact) mass is 371 g/mol. The molecule has 3 aliphatic carbocycles. The summed E-state index contributed by atoms with van der Waals surface area (Å²) in [4.78, 5) is 5.49. The van der Waals surface area contributed by atoms with Gasteiger partial charge in [-0.2, -0.15) is 0 Å². The van der Waals surface area contributed by atoms with E-state index in [2.05, 4.69) is 32.0 Å². The first-order valence-corrected chi connectivity index (χ1v) is 10.4. The van der Waals surface area contributed by atoms with E-state index in [1.54, 1.807) is 5.57 Å². The Balaban J connectivity index is 1.46. The minimum Gasteiger partial charge on any atom is -0.391 e. The van der Waals surface area contributed by atoms with Crippen LogP contribution in [0.15, 0.2) is 41.1 Å². The minimum absolute atomic E-state index is 0.379. The molecule has 4 rings (SSSR count). The van der Waals surface area contributed by atoms with Crippen molar-refractivity contribution in [1.82, 2.24) is 0 Å². The van der Waals surface area contributed by atoms with E-state index in [0.29, 0.717) is 17.4 Å². The van der Waals surface area contributed by atoms with Gasteiger partial charge in [0.25, 0.3) is 0 Å². The Kier molecular flexibility index (Phi) is 4.67. The van der Waals surface area contributed by atoms with Crippen LogP contribution in [0.1, 0.15) is 58.4 Å². The number of hydrogen-bond donors (Lipinski definition) is 0. The summed E-state index contributed by atoms with van der Waals surface area (Å²) >= 11 is 5.91. The average molecular weight is 372 g/mol. The molecule has 0 unspecified atom stereocenters. The Bertz CT molecular complexity index is 720. The molecule has 0 radical (unpaired) electrons. The molecule has 3 saturated carbocycles. The van der Waals surface area contributed by atoms with Gasteiger partial charge in [0.15, 0.2) is 0 Å². The number of allylic oxidation sites excluding steroid dienone is 2. The van der Waals surface area contributed by atoms with Crippen molar-refractivity contribution in [2.45, 2.75) is 59.5 Å². The van der Waals surface area contributed by atoms with Crippen LogP contribution in [0, 0.1) is 28.6 Å². The predicted octanol–water partition coefficient (Wildman–Crippen LogP) is 6.64. The highest BCUT2D eigenvalue weighted by molar-refractivity contribution is 6.30. The normalized spacial score (nSPS) is 36.6. The molecule has 0 saturated heterocycles. The highest BCUT2D eigenvalue weighted by Gasteiger charge is 2.62. The Morgan fingerprint density at radius 1 is 1.15 bits per heavy atom. The Morgan fingerprint density at radius 3 is 2.69 bits per heavy atom. The van der Waals surface area contributed by atoms with Gasteiger partial charge in [0.05, 0.1) is 6.21 Å². The van der Waals surface area contributed by atoms with E-state index in [-0.39, 0.29) is 0 Å². The summed E-state index contributed by atoms with van der Waals surface area (Å²) in [5.41, 5.74) is 3.58. The van der Waals surface area contributed by atoms with Gasteiger partial charge in [0.1, 0.15) is 6.61 Å². The van der Waals surface area contributed by atoms with E-state index in [1.165, 1.54) is 32.1 Å². The molecule has 0 amide bonds. The van der Waals surface area contributed by atoms with Crippen molar-refractivity contribution in [1.29, 1.82) is 0 Å². The van der Waals surface area contributed by atoms with Crippen molar-refractivity contribution in [2.24, 2.45) is 33.7 Å². The van der Waals surface area contributed by atoms with Gasteiger partial charge in [-0.1, -0.05) is 61.7 Å². The van der Waals surface area contributed by atoms with Gasteiger partial charge in [-0.15, -0.1) is 0 Å². The molecule has 4 atom stereocenters. The summed E-state index contributed by atoms with van der Waals surface area (Å²) in [6.45, 7) is 8.00. The molecule has 3 aliphatic rings. The molecule has 0 N–H and O–H groups in total. The quantitative estimate of drug-likeness (QED) is 0.429. The maximum Gasteiger partial charge on any atom is 0.142 e. The maximum atomic E-state index is 5.91. The van der Waals surface area contributed by atoms with Crippen LogP contribution < -0.4 is 0 Å². The molecule has 0 heterocycles. The lowest BCUT2D eigenvalue weighted by atomic mass is 9.68. The standard InChI is InChI=1S/C23H30ClNO/c1-22(2)12-4-13-23(3)19(18-9-10-20(23)21(18)22)11-14-25-26-15-16-5-7-17(24)8-6-16/h5-8,11,14,18,20-21H,4,9-10,12-13,15H2,1-3H3/b19-11-,25-14+/t18-,20-,21-,23-/m1/s1. The molecule has 0 spiro atoms. The van der Waals surface area contributed by atoms with Gasteiger partial charge < -0.3 is 4.84 Å². The Morgan fingerprint density at radius 2 is 1.92 bits per heavy atom. The van der Waals surface area contributed by atoms with Crippen LogP contribution in [0.3, 0.4) is 0 Å². The second-order valence-electron chi connectivity index (χ2n) is 9.35. The lowest BCUT2D eigenvalue weighted by Gasteiger charge is -2.36. The molecule has 3 fully saturated rings. The summed E-state index contributed by atoms with van der Waals surface area (Å²) < 4.78 is 0. The lowest BCUT2D eigenvalue weighted by molar-refractivity contribution is 0.132. The van der Waals surface area contributed by atoms with E-state index >= 15 is 0 Å². The van der Waals surface area contributed by atoms with Gasteiger partial charge >= 0.3 is 0 Å². The summed E-state index contributed by atoms with van der Waals surface area (Å²) in [6, 6.07) is 7.71. The zero-order valence-corrected chi connectivity index (χ0v) is 16.9. The van der Waals surface area contributed by atoms with Crippen LogP contribution in [0.5, 0.6) is 0 Å². The SMILES string of the molecule is CC1(C)CCC[C@]2(C)/C(=C\C=N\OCc3ccc(Cl)cc3)[C@H]3CC[C@@H]2[C@@H]31.